The highest BCUT2D eigenvalue weighted by Gasteiger charge is 2.36. The lowest BCUT2D eigenvalue weighted by Crippen LogP contribution is -2.57. The van der Waals surface area contributed by atoms with Gasteiger partial charge in [0, 0.05) is 11.1 Å². The van der Waals surface area contributed by atoms with Crippen LogP contribution in [-0.4, -0.2) is 52.8 Å². The molecule has 0 spiro atoms. The Morgan fingerprint density at radius 1 is 1.14 bits per heavy atom. The molecule has 6 heteroatoms. The second-order valence-corrected chi connectivity index (χ2v) is 7.18. The van der Waals surface area contributed by atoms with Crippen LogP contribution in [-0.2, 0) is 9.59 Å². The number of aliphatic hydroxyl groups is 1. The van der Waals surface area contributed by atoms with Crippen molar-refractivity contribution in [3.05, 3.63) is 0 Å². The predicted octanol–water partition coefficient (Wildman–Crippen LogP) is 1.32. The van der Waals surface area contributed by atoms with Gasteiger partial charge in [-0.1, -0.05) is 20.3 Å². The molecule has 1 heterocycles. The van der Waals surface area contributed by atoms with E-state index < -0.39 is 16.9 Å². The lowest BCUT2D eigenvalue weighted by Gasteiger charge is -2.39. The summed E-state index contributed by atoms with van der Waals surface area (Å²) in [6.45, 7) is 8.56. The minimum Gasteiger partial charge on any atom is -0.395 e. The van der Waals surface area contributed by atoms with E-state index in [0.29, 0.717) is 0 Å². The number of likely N-dealkylation sites (tertiary alicyclic amines) is 1. The van der Waals surface area contributed by atoms with Crippen LogP contribution in [0.1, 0.15) is 53.4 Å². The van der Waals surface area contributed by atoms with Crippen molar-refractivity contribution in [2.45, 2.75) is 58.9 Å². The van der Waals surface area contributed by atoms with Crippen LogP contribution < -0.4 is 5.32 Å². The van der Waals surface area contributed by atoms with Gasteiger partial charge in [0.25, 0.3) is 0 Å². The normalized spacial score (nSPS) is 17.1. The highest BCUT2D eigenvalue weighted by molar-refractivity contribution is 6.08. The van der Waals surface area contributed by atoms with Gasteiger partial charge in [-0.15, -0.1) is 0 Å². The van der Waals surface area contributed by atoms with Crippen LogP contribution in [0.25, 0.3) is 0 Å². The molecule has 126 valence electrons. The second-order valence-electron chi connectivity index (χ2n) is 7.18. The summed E-state index contributed by atoms with van der Waals surface area (Å²) in [6.07, 6.45) is 3.15. The molecule has 1 fully saturated rings. The van der Waals surface area contributed by atoms with E-state index in [-0.39, 0.29) is 24.6 Å². The van der Waals surface area contributed by atoms with E-state index in [2.05, 4.69) is 10.2 Å². The molecule has 1 aliphatic rings. The van der Waals surface area contributed by atoms with E-state index in [1.165, 1.54) is 6.42 Å². The van der Waals surface area contributed by atoms with Crippen LogP contribution >= 0.6 is 0 Å². The lowest BCUT2D eigenvalue weighted by molar-refractivity contribution is -0.137. The van der Waals surface area contributed by atoms with Crippen molar-refractivity contribution in [3.8, 4) is 0 Å². The van der Waals surface area contributed by atoms with Crippen molar-refractivity contribution in [2.24, 2.45) is 5.41 Å². The smallest absolute Gasteiger partial charge is 0.246 e. The van der Waals surface area contributed by atoms with Gasteiger partial charge in [-0.2, -0.15) is 0 Å². The summed E-state index contributed by atoms with van der Waals surface area (Å²) in [5, 5.41) is 19.5. The van der Waals surface area contributed by atoms with Crippen LogP contribution in [0.3, 0.4) is 0 Å². The molecular weight excluding hydrogens is 282 g/mol. The van der Waals surface area contributed by atoms with Gasteiger partial charge in [0.05, 0.1) is 18.6 Å². The fourth-order valence-electron chi connectivity index (χ4n) is 2.42. The molecule has 22 heavy (non-hydrogen) atoms. The van der Waals surface area contributed by atoms with Crippen LogP contribution in [0, 0.1) is 10.8 Å². The SMILES string of the molecule is CC(C)(CO)C(=N)CC(=O)NC(=O)C(C)(C)N1CCCCC1. The molecule has 3 N–H and O–H groups in total. The Kier molecular flexibility index (Phi) is 6.26. The fourth-order valence-corrected chi connectivity index (χ4v) is 2.42. The van der Waals surface area contributed by atoms with Gasteiger partial charge in [-0.05, 0) is 39.8 Å². The number of amides is 2. The first-order chi connectivity index (χ1) is 10.1. The number of imide groups is 1. The van der Waals surface area contributed by atoms with Gasteiger partial charge in [-0.25, -0.2) is 0 Å². The van der Waals surface area contributed by atoms with Gasteiger partial charge in [0.2, 0.25) is 11.8 Å². The van der Waals surface area contributed by atoms with Crippen molar-refractivity contribution in [1.29, 1.82) is 5.41 Å². The summed E-state index contributed by atoms with van der Waals surface area (Å²) in [5.41, 5.74) is -1.36. The largest absolute Gasteiger partial charge is 0.395 e. The summed E-state index contributed by atoms with van der Waals surface area (Å²) < 4.78 is 0. The highest BCUT2D eigenvalue weighted by Crippen LogP contribution is 2.21. The lowest BCUT2D eigenvalue weighted by atomic mass is 9.86. The number of hydrogen-bond donors (Lipinski definition) is 3. The number of carbonyl (C=O) groups excluding carboxylic acids is 2. The maximum Gasteiger partial charge on any atom is 0.246 e. The molecule has 0 atom stereocenters. The zero-order chi connectivity index (χ0) is 17.0. The van der Waals surface area contributed by atoms with Crippen LogP contribution in [0.15, 0.2) is 0 Å². The van der Waals surface area contributed by atoms with E-state index in [0.717, 1.165) is 25.9 Å². The van der Waals surface area contributed by atoms with Crippen molar-refractivity contribution in [1.82, 2.24) is 10.2 Å². The maximum atomic E-state index is 12.4. The number of piperidine rings is 1. The van der Waals surface area contributed by atoms with Crippen LogP contribution in [0.5, 0.6) is 0 Å². The highest BCUT2D eigenvalue weighted by atomic mass is 16.3. The number of aliphatic hydroxyl groups excluding tert-OH is 1. The molecule has 0 radical (unpaired) electrons. The summed E-state index contributed by atoms with van der Waals surface area (Å²) >= 11 is 0. The third-order valence-electron chi connectivity index (χ3n) is 4.50. The quantitative estimate of drug-likeness (QED) is 0.645. The number of carbonyl (C=O) groups is 2. The predicted molar refractivity (Wildman–Crippen MR) is 85.9 cm³/mol. The van der Waals surface area contributed by atoms with E-state index in [9.17, 15) is 14.7 Å². The third-order valence-corrected chi connectivity index (χ3v) is 4.50. The Morgan fingerprint density at radius 3 is 2.18 bits per heavy atom. The molecule has 1 saturated heterocycles. The number of nitrogens with zero attached hydrogens (tertiary/aromatic N) is 1. The van der Waals surface area contributed by atoms with Gasteiger partial charge >= 0.3 is 0 Å². The van der Waals surface area contributed by atoms with Crippen molar-refractivity contribution >= 4 is 17.5 Å². The molecule has 0 aromatic rings. The summed E-state index contributed by atoms with van der Waals surface area (Å²) in [5.74, 6) is -0.810. The minimum absolute atomic E-state index is 0.121. The Morgan fingerprint density at radius 2 is 1.68 bits per heavy atom. The maximum absolute atomic E-state index is 12.4. The summed E-state index contributed by atoms with van der Waals surface area (Å²) in [6, 6.07) is 0. The Balaban J connectivity index is 2.59. The van der Waals surface area contributed by atoms with E-state index in [4.69, 9.17) is 5.41 Å². The molecule has 1 rings (SSSR count). The van der Waals surface area contributed by atoms with Crippen molar-refractivity contribution in [2.75, 3.05) is 19.7 Å². The Labute approximate surface area is 132 Å². The zero-order valence-corrected chi connectivity index (χ0v) is 14.2. The minimum atomic E-state index is -0.747. The summed E-state index contributed by atoms with van der Waals surface area (Å²) in [7, 11) is 0. The Hall–Kier alpha value is -1.27. The third kappa shape index (κ3) is 4.61. The number of nitrogens with one attached hydrogen (secondary N) is 2. The number of hydrogen-bond acceptors (Lipinski definition) is 5. The number of rotatable bonds is 6. The van der Waals surface area contributed by atoms with Crippen molar-refractivity contribution < 1.29 is 14.7 Å². The molecule has 0 aromatic carbocycles. The van der Waals surface area contributed by atoms with Crippen LogP contribution in [0.2, 0.25) is 0 Å². The molecule has 6 nitrogen and oxygen atoms in total. The van der Waals surface area contributed by atoms with Crippen LogP contribution in [0.4, 0.5) is 0 Å². The first-order valence-corrected chi connectivity index (χ1v) is 7.89. The fraction of sp³-hybridized carbons (Fsp3) is 0.812. The van der Waals surface area contributed by atoms with Gasteiger partial charge in [0.15, 0.2) is 0 Å². The van der Waals surface area contributed by atoms with E-state index in [1.807, 2.05) is 13.8 Å². The standard InChI is InChI=1S/C16H29N3O3/c1-15(2,11-20)12(17)10-13(21)18-14(22)16(3,4)19-8-6-5-7-9-19/h17,20H,5-11H2,1-4H3,(H,18,21,22). The topological polar surface area (TPSA) is 93.5 Å². The average molecular weight is 311 g/mol. The Bertz CT molecular complexity index is 438. The molecule has 1 aliphatic heterocycles. The first-order valence-electron chi connectivity index (χ1n) is 7.89. The molecule has 2 amide bonds. The van der Waals surface area contributed by atoms with E-state index >= 15 is 0 Å². The second kappa shape index (κ2) is 7.33. The monoisotopic (exact) mass is 311 g/mol. The van der Waals surface area contributed by atoms with Gasteiger partial charge in [-0.3, -0.25) is 19.8 Å². The molecule has 0 saturated carbocycles. The summed E-state index contributed by atoms with van der Waals surface area (Å²) in [4.78, 5) is 26.5. The van der Waals surface area contributed by atoms with Gasteiger partial charge < -0.3 is 10.5 Å². The molecule has 0 unspecified atom stereocenters. The molecular formula is C16H29N3O3. The van der Waals surface area contributed by atoms with Gasteiger partial charge in [0.1, 0.15) is 0 Å². The molecule has 0 bridgehead atoms. The van der Waals surface area contributed by atoms with E-state index in [1.54, 1.807) is 13.8 Å². The first kappa shape index (κ1) is 18.8. The zero-order valence-electron chi connectivity index (χ0n) is 14.2. The van der Waals surface area contributed by atoms with Crippen molar-refractivity contribution in [3.63, 3.8) is 0 Å². The molecule has 0 aliphatic carbocycles. The average Bonchev–Trinajstić information content (AvgIpc) is 2.47. The molecule has 0 aromatic heterocycles.